The molecule has 4 N–H and O–H groups in total. The highest BCUT2D eigenvalue weighted by molar-refractivity contribution is 7.10. The van der Waals surface area contributed by atoms with Crippen LogP contribution in [0.1, 0.15) is 39.7 Å². The molecule has 0 spiro atoms. The van der Waals surface area contributed by atoms with Crippen molar-refractivity contribution < 1.29 is 9.90 Å². The van der Waals surface area contributed by atoms with Crippen molar-refractivity contribution in [3.05, 3.63) is 45.6 Å². The van der Waals surface area contributed by atoms with Gasteiger partial charge < -0.3 is 16.2 Å². The second-order valence-electron chi connectivity index (χ2n) is 5.00. The SMILES string of the molecule is Nc1ccc(NC2CCCc3sccc32)c(C(=O)O)c1. The Kier molecular flexibility index (Phi) is 3.36. The van der Waals surface area contributed by atoms with E-state index in [4.69, 9.17) is 5.73 Å². The number of rotatable bonds is 3. The largest absolute Gasteiger partial charge is 0.478 e. The zero-order valence-electron chi connectivity index (χ0n) is 10.9. The van der Waals surface area contributed by atoms with Gasteiger partial charge >= 0.3 is 5.97 Å². The van der Waals surface area contributed by atoms with E-state index in [0.29, 0.717) is 11.4 Å². The molecule has 1 atom stereocenters. The molecule has 0 amide bonds. The summed E-state index contributed by atoms with van der Waals surface area (Å²) in [6.45, 7) is 0. The van der Waals surface area contributed by atoms with Crippen molar-refractivity contribution in [2.75, 3.05) is 11.1 Å². The lowest BCUT2D eigenvalue weighted by Gasteiger charge is -2.25. The zero-order chi connectivity index (χ0) is 14.1. The second-order valence-corrected chi connectivity index (χ2v) is 6.00. The molecule has 2 aromatic rings. The van der Waals surface area contributed by atoms with E-state index in [1.165, 1.54) is 16.5 Å². The Bertz CT molecular complexity index is 651. The first-order chi connectivity index (χ1) is 9.65. The predicted octanol–water partition coefficient (Wildman–Crippen LogP) is 3.52. The number of carbonyl (C=O) groups is 1. The second kappa shape index (κ2) is 5.17. The molecule has 1 aliphatic rings. The van der Waals surface area contributed by atoms with Crippen LogP contribution in [0.5, 0.6) is 0 Å². The van der Waals surface area contributed by atoms with Gasteiger partial charge in [-0.15, -0.1) is 11.3 Å². The first kappa shape index (κ1) is 13.0. The van der Waals surface area contributed by atoms with Gasteiger partial charge in [0.15, 0.2) is 0 Å². The first-order valence-electron chi connectivity index (χ1n) is 6.61. The Morgan fingerprint density at radius 1 is 1.40 bits per heavy atom. The number of nitrogens with two attached hydrogens (primary N) is 1. The maximum atomic E-state index is 11.3. The lowest BCUT2D eigenvalue weighted by Crippen LogP contribution is -2.17. The molecule has 0 saturated heterocycles. The van der Waals surface area contributed by atoms with E-state index in [2.05, 4.69) is 16.8 Å². The molecule has 0 radical (unpaired) electrons. The molecule has 0 fully saturated rings. The van der Waals surface area contributed by atoms with Crippen molar-refractivity contribution in [1.82, 2.24) is 0 Å². The standard InChI is InChI=1S/C15H16N2O2S/c16-9-4-5-13(11(8-9)15(18)19)17-12-2-1-3-14-10(12)6-7-20-14/h4-8,12,17H,1-3,16H2,(H,18,19). The number of carboxylic acid groups (broad SMARTS) is 1. The summed E-state index contributed by atoms with van der Waals surface area (Å²) in [6, 6.07) is 7.30. The number of benzene rings is 1. The van der Waals surface area contributed by atoms with E-state index < -0.39 is 5.97 Å². The number of hydrogen-bond acceptors (Lipinski definition) is 4. The fourth-order valence-corrected chi connectivity index (χ4v) is 3.68. The quantitative estimate of drug-likeness (QED) is 0.755. The van der Waals surface area contributed by atoms with Gasteiger partial charge in [0.05, 0.1) is 11.6 Å². The van der Waals surface area contributed by atoms with Crippen molar-refractivity contribution in [2.45, 2.75) is 25.3 Å². The summed E-state index contributed by atoms with van der Waals surface area (Å²) in [7, 11) is 0. The van der Waals surface area contributed by atoms with Gasteiger partial charge in [-0.25, -0.2) is 4.79 Å². The van der Waals surface area contributed by atoms with Crippen molar-refractivity contribution in [3.8, 4) is 0 Å². The van der Waals surface area contributed by atoms with Crippen LogP contribution in [0.25, 0.3) is 0 Å². The summed E-state index contributed by atoms with van der Waals surface area (Å²) in [4.78, 5) is 12.7. The third kappa shape index (κ3) is 2.36. The normalized spacial score (nSPS) is 17.5. The predicted molar refractivity (Wildman–Crippen MR) is 81.4 cm³/mol. The fourth-order valence-electron chi connectivity index (χ4n) is 2.69. The summed E-state index contributed by atoms with van der Waals surface area (Å²) >= 11 is 1.78. The minimum atomic E-state index is -0.957. The van der Waals surface area contributed by atoms with Crippen LogP contribution in [-0.2, 0) is 6.42 Å². The molecule has 1 aliphatic carbocycles. The number of carboxylic acids is 1. The number of thiophene rings is 1. The smallest absolute Gasteiger partial charge is 0.337 e. The molecule has 4 nitrogen and oxygen atoms in total. The molecule has 5 heteroatoms. The highest BCUT2D eigenvalue weighted by atomic mass is 32.1. The average molecular weight is 288 g/mol. The van der Waals surface area contributed by atoms with Crippen molar-refractivity contribution in [2.24, 2.45) is 0 Å². The summed E-state index contributed by atoms with van der Waals surface area (Å²) in [5.41, 5.74) is 8.30. The molecule has 3 rings (SSSR count). The number of anilines is 2. The van der Waals surface area contributed by atoms with E-state index in [1.807, 2.05) is 0 Å². The molecule has 104 valence electrons. The number of nitrogens with one attached hydrogen (secondary N) is 1. The number of fused-ring (bicyclic) bond motifs is 1. The number of aromatic carboxylic acids is 1. The van der Waals surface area contributed by atoms with Gasteiger partial charge in [-0.1, -0.05) is 0 Å². The average Bonchev–Trinajstić information content (AvgIpc) is 2.90. The van der Waals surface area contributed by atoms with Gasteiger partial charge in [0.1, 0.15) is 0 Å². The van der Waals surface area contributed by atoms with Crippen molar-refractivity contribution in [3.63, 3.8) is 0 Å². The van der Waals surface area contributed by atoms with Crippen molar-refractivity contribution in [1.29, 1.82) is 0 Å². The minimum Gasteiger partial charge on any atom is -0.478 e. The van der Waals surface area contributed by atoms with Crippen LogP contribution in [0.4, 0.5) is 11.4 Å². The maximum Gasteiger partial charge on any atom is 0.337 e. The lowest BCUT2D eigenvalue weighted by molar-refractivity contribution is 0.0698. The van der Waals surface area contributed by atoms with E-state index in [1.54, 1.807) is 23.5 Å². The molecule has 1 aromatic carbocycles. The van der Waals surface area contributed by atoms with Gasteiger partial charge in [-0.2, -0.15) is 0 Å². The van der Waals surface area contributed by atoms with Crippen LogP contribution in [0.2, 0.25) is 0 Å². The Morgan fingerprint density at radius 3 is 3.05 bits per heavy atom. The highest BCUT2D eigenvalue weighted by Gasteiger charge is 2.22. The Labute approximate surface area is 121 Å². The van der Waals surface area contributed by atoms with E-state index in [0.717, 1.165) is 19.3 Å². The van der Waals surface area contributed by atoms with Crippen LogP contribution < -0.4 is 11.1 Å². The van der Waals surface area contributed by atoms with E-state index >= 15 is 0 Å². The molecule has 20 heavy (non-hydrogen) atoms. The van der Waals surface area contributed by atoms with Crippen LogP contribution in [-0.4, -0.2) is 11.1 Å². The van der Waals surface area contributed by atoms with Crippen LogP contribution >= 0.6 is 11.3 Å². The molecule has 1 unspecified atom stereocenters. The summed E-state index contributed by atoms with van der Waals surface area (Å²) < 4.78 is 0. The molecule has 1 aromatic heterocycles. The van der Waals surface area contributed by atoms with Gasteiger partial charge in [0.2, 0.25) is 0 Å². The Hall–Kier alpha value is -2.01. The monoisotopic (exact) mass is 288 g/mol. The third-order valence-corrected chi connectivity index (χ3v) is 4.65. The van der Waals surface area contributed by atoms with Crippen LogP contribution in [0.3, 0.4) is 0 Å². The minimum absolute atomic E-state index is 0.187. The van der Waals surface area contributed by atoms with E-state index in [-0.39, 0.29) is 11.6 Å². The molecule has 0 aliphatic heterocycles. The third-order valence-electron chi connectivity index (χ3n) is 3.66. The molecule has 1 heterocycles. The molecule has 0 bridgehead atoms. The number of hydrogen-bond donors (Lipinski definition) is 3. The number of aryl methyl sites for hydroxylation is 1. The fraction of sp³-hybridized carbons (Fsp3) is 0.267. The van der Waals surface area contributed by atoms with Gasteiger partial charge in [0, 0.05) is 16.3 Å². The van der Waals surface area contributed by atoms with Crippen LogP contribution in [0.15, 0.2) is 29.6 Å². The van der Waals surface area contributed by atoms with Gasteiger partial charge in [-0.05, 0) is 54.5 Å². The Morgan fingerprint density at radius 2 is 2.25 bits per heavy atom. The maximum absolute atomic E-state index is 11.3. The van der Waals surface area contributed by atoms with E-state index in [9.17, 15) is 9.90 Å². The van der Waals surface area contributed by atoms with Gasteiger partial charge in [-0.3, -0.25) is 0 Å². The summed E-state index contributed by atoms with van der Waals surface area (Å²) in [5.74, 6) is -0.957. The molecular weight excluding hydrogens is 272 g/mol. The molecular formula is C15H16N2O2S. The summed E-state index contributed by atoms with van der Waals surface area (Å²) in [6.07, 6.45) is 3.27. The van der Waals surface area contributed by atoms with Crippen molar-refractivity contribution >= 4 is 28.7 Å². The number of nitrogen functional groups attached to an aromatic ring is 1. The first-order valence-corrected chi connectivity index (χ1v) is 7.49. The zero-order valence-corrected chi connectivity index (χ0v) is 11.7. The Balaban J connectivity index is 1.92. The topological polar surface area (TPSA) is 75.3 Å². The summed E-state index contributed by atoms with van der Waals surface area (Å²) in [5, 5.41) is 14.8. The molecule has 0 saturated carbocycles. The van der Waals surface area contributed by atoms with Crippen LogP contribution in [0, 0.1) is 0 Å². The van der Waals surface area contributed by atoms with Gasteiger partial charge in [0.25, 0.3) is 0 Å². The highest BCUT2D eigenvalue weighted by Crippen LogP contribution is 2.36. The lowest BCUT2D eigenvalue weighted by atomic mass is 9.93.